The molecule has 0 spiro atoms. The van der Waals surface area contributed by atoms with Crippen molar-refractivity contribution in [3.05, 3.63) is 46.8 Å². The van der Waals surface area contributed by atoms with Gasteiger partial charge in [0.1, 0.15) is 11.6 Å². The Morgan fingerprint density at radius 2 is 1.85 bits per heavy atom. The molecular weight excluding hydrogens is 408 g/mol. The SMILES string of the molecule is C1CCCC1.CNc1cc(NCc2cccnc2)n2ncc(Br)c2n1.CO. The van der Waals surface area contributed by atoms with E-state index >= 15 is 0 Å². The lowest BCUT2D eigenvalue weighted by atomic mass is 10.3. The van der Waals surface area contributed by atoms with Crippen LogP contribution in [0.5, 0.6) is 0 Å². The fraction of sp³-hybridized carbons (Fsp3) is 0.421. The average Bonchev–Trinajstić information content (AvgIpc) is 3.42. The summed E-state index contributed by atoms with van der Waals surface area (Å²) in [6.45, 7) is 0.674. The number of aliphatic hydroxyl groups excluding tert-OH is 1. The molecule has 1 saturated carbocycles. The van der Waals surface area contributed by atoms with Crippen LogP contribution in [0.2, 0.25) is 0 Å². The van der Waals surface area contributed by atoms with Gasteiger partial charge in [0.15, 0.2) is 5.65 Å². The van der Waals surface area contributed by atoms with Crippen LogP contribution in [0, 0.1) is 0 Å². The van der Waals surface area contributed by atoms with E-state index in [0.717, 1.165) is 34.4 Å². The highest BCUT2D eigenvalue weighted by Gasteiger charge is 2.09. The number of rotatable bonds is 4. The Labute approximate surface area is 168 Å². The molecule has 3 heterocycles. The van der Waals surface area contributed by atoms with Crippen molar-refractivity contribution in [3.63, 3.8) is 0 Å². The lowest BCUT2D eigenvalue weighted by Crippen LogP contribution is -2.07. The topological polar surface area (TPSA) is 87.4 Å². The lowest BCUT2D eigenvalue weighted by molar-refractivity contribution is 0.399. The van der Waals surface area contributed by atoms with Crippen LogP contribution in [0.4, 0.5) is 11.6 Å². The molecule has 0 radical (unpaired) electrons. The Kier molecular flexibility index (Phi) is 9.00. The minimum atomic E-state index is 0.674. The molecule has 0 aromatic carbocycles. The number of hydrogen-bond acceptors (Lipinski definition) is 6. The third kappa shape index (κ3) is 6.18. The summed E-state index contributed by atoms with van der Waals surface area (Å²) in [7, 11) is 2.84. The predicted molar refractivity (Wildman–Crippen MR) is 113 cm³/mol. The standard InChI is InChI=1S/C13H13BrN6.C5H10.CH4O/c1-15-11-5-12(17-7-9-3-2-4-16-6-9)20-13(19-11)10(14)8-18-20;1-2-4-5-3-1;1-2/h2-6,8,17H,7H2,1H3,(H,15,19);1-5H2;2H,1H3. The summed E-state index contributed by atoms with van der Waals surface area (Å²) < 4.78 is 2.63. The molecule has 3 N–H and O–H groups in total. The number of pyridine rings is 1. The molecule has 0 bridgehead atoms. The molecular formula is C19H27BrN6O. The molecule has 27 heavy (non-hydrogen) atoms. The highest BCUT2D eigenvalue weighted by molar-refractivity contribution is 9.10. The molecule has 0 atom stereocenters. The molecule has 8 heteroatoms. The monoisotopic (exact) mass is 434 g/mol. The van der Waals surface area contributed by atoms with Gasteiger partial charge in [0, 0.05) is 39.2 Å². The van der Waals surface area contributed by atoms with E-state index in [9.17, 15) is 0 Å². The Morgan fingerprint density at radius 3 is 2.44 bits per heavy atom. The van der Waals surface area contributed by atoms with Crippen LogP contribution in [0.3, 0.4) is 0 Å². The number of fused-ring (bicyclic) bond motifs is 1. The van der Waals surface area contributed by atoms with Gasteiger partial charge in [-0.2, -0.15) is 9.61 Å². The highest BCUT2D eigenvalue weighted by Crippen LogP contribution is 2.22. The van der Waals surface area contributed by atoms with Crippen molar-refractivity contribution in [1.29, 1.82) is 0 Å². The fourth-order valence-electron chi connectivity index (χ4n) is 2.77. The second-order valence-electron chi connectivity index (χ2n) is 5.99. The van der Waals surface area contributed by atoms with Crippen molar-refractivity contribution in [3.8, 4) is 0 Å². The molecule has 0 unspecified atom stereocenters. The third-order valence-corrected chi connectivity index (χ3v) is 4.69. The summed E-state index contributed by atoms with van der Waals surface area (Å²) in [6, 6.07) is 5.86. The molecule has 0 amide bonds. The van der Waals surface area contributed by atoms with Gasteiger partial charge in [-0.1, -0.05) is 38.2 Å². The van der Waals surface area contributed by atoms with Gasteiger partial charge < -0.3 is 15.7 Å². The molecule has 7 nitrogen and oxygen atoms in total. The van der Waals surface area contributed by atoms with Crippen molar-refractivity contribution < 1.29 is 5.11 Å². The molecule has 4 rings (SSSR count). The summed E-state index contributed by atoms with van der Waals surface area (Å²) in [6.07, 6.45) is 12.8. The predicted octanol–water partition coefficient (Wildman–Crippen LogP) is 4.10. The second kappa shape index (κ2) is 11.5. The van der Waals surface area contributed by atoms with Gasteiger partial charge >= 0.3 is 0 Å². The summed E-state index contributed by atoms with van der Waals surface area (Å²) >= 11 is 3.45. The van der Waals surface area contributed by atoms with Crippen LogP contribution < -0.4 is 10.6 Å². The van der Waals surface area contributed by atoms with E-state index in [2.05, 4.69) is 41.6 Å². The maximum atomic E-state index is 7.00. The Hall–Kier alpha value is -2.19. The van der Waals surface area contributed by atoms with Crippen LogP contribution in [0.1, 0.15) is 37.7 Å². The van der Waals surface area contributed by atoms with E-state index in [1.54, 1.807) is 16.9 Å². The van der Waals surface area contributed by atoms with Crippen LogP contribution in [-0.4, -0.2) is 38.8 Å². The number of aromatic nitrogens is 4. The minimum Gasteiger partial charge on any atom is -0.400 e. The van der Waals surface area contributed by atoms with Crippen LogP contribution in [0.25, 0.3) is 5.65 Å². The molecule has 146 valence electrons. The van der Waals surface area contributed by atoms with Gasteiger partial charge in [0.25, 0.3) is 0 Å². The van der Waals surface area contributed by atoms with Crippen molar-refractivity contribution in [2.24, 2.45) is 0 Å². The lowest BCUT2D eigenvalue weighted by Gasteiger charge is -2.10. The van der Waals surface area contributed by atoms with E-state index in [1.807, 2.05) is 31.4 Å². The van der Waals surface area contributed by atoms with E-state index in [1.165, 1.54) is 32.1 Å². The zero-order valence-electron chi connectivity index (χ0n) is 15.8. The number of nitrogens with one attached hydrogen (secondary N) is 2. The summed E-state index contributed by atoms with van der Waals surface area (Å²) in [5.41, 5.74) is 1.88. The molecule has 0 saturated heterocycles. The largest absolute Gasteiger partial charge is 0.400 e. The first kappa shape index (κ1) is 21.1. The van der Waals surface area contributed by atoms with E-state index in [4.69, 9.17) is 5.11 Å². The van der Waals surface area contributed by atoms with E-state index in [-0.39, 0.29) is 0 Å². The summed E-state index contributed by atoms with van der Waals surface area (Å²) in [5, 5.41) is 17.7. The zero-order chi connectivity index (χ0) is 19.5. The quantitative estimate of drug-likeness (QED) is 0.572. The number of anilines is 2. The first-order valence-corrected chi connectivity index (χ1v) is 9.87. The summed E-state index contributed by atoms with van der Waals surface area (Å²) in [4.78, 5) is 8.56. The van der Waals surface area contributed by atoms with E-state index in [0.29, 0.717) is 6.54 Å². The van der Waals surface area contributed by atoms with Gasteiger partial charge in [0.05, 0.1) is 10.7 Å². The molecule has 1 aliphatic rings. The Bertz CT molecular complexity index is 797. The first-order chi connectivity index (χ1) is 13.3. The first-order valence-electron chi connectivity index (χ1n) is 9.07. The van der Waals surface area contributed by atoms with E-state index < -0.39 is 0 Å². The van der Waals surface area contributed by atoms with Crippen molar-refractivity contribution in [2.75, 3.05) is 24.8 Å². The van der Waals surface area contributed by atoms with Crippen LogP contribution in [0.15, 0.2) is 41.3 Å². The van der Waals surface area contributed by atoms with Crippen molar-refractivity contribution >= 4 is 33.2 Å². The van der Waals surface area contributed by atoms with Gasteiger partial charge in [-0.15, -0.1) is 0 Å². The van der Waals surface area contributed by atoms with Crippen molar-refractivity contribution in [2.45, 2.75) is 38.6 Å². The van der Waals surface area contributed by atoms with Gasteiger partial charge in [-0.05, 0) is 27.6 Å². The normalized spacial score (nSPS) is 12.6. The second-order valence-corrected chi connectivity index (χ2v) is 6.84. The average molecular weight is 435 g/mol. The van der Waals surface area contributed by atoms with Crippen LogP contribution >= 0.6 is 15.9 Å². The minimum absolute atomic E-state index is 0.674. The smallest absolute Gasteiger partial charge is 0.173 e. The number of halogens is 1. The molecule has 1 fully saturated rings. The van der Waals surface area contributed by atoms with Crippen LogP contribution in [-0.2, 0) is 6.54 Å². The molecule has 3 aromatic heterocycles. The number of aliphatic hydroxyl groups is 1. The zero-order valence-corrected chi connectivity index (χ0v) is 17.4. The highest BCUT2D eigenvalue weighted by atomic mass is 79.9. The van der Waals surface area contributed by atoms with Gasteiger partial charge in [-0.25, -0.2) is 4.98 Å². The number of nitrogens with zero attached hydrogens (tertiary/aromatic N) is 4. The summed E-state index contributed by atoms with van der Waals surface area (Å²) in [5.74, 6) is 1.65. The number of hydrogen-bond donors (Lipinski definition) is 3. The molecule has 0 aliphatic heterocycles. The fourth-order valence-corrected chi connectivity index (χ4v) is 3.12. The third-order valence-electron chi connectivity index (χ3n) is 4.13. The molecule has 3 aromatic rings. The Balaban J connectivity index is 0.000000318. The maximum absolute atomic E-state index is 7.00. The van der Waals surface area contributed by atoms with Gasteiger partial charge in [0.2, 0.25) is 0 Å². The van der Waals surface area contributed by atoms with Gasteiger partial charge in [-0.3, -0.25) is 4.98 Å². The Morgan fingerprint density at radius 1 is 1.15 bits per heavy atom. The molecule has 1 aliphatic carbocycles. The van der Waals surface area contributed by atoms with Crippen molar-refractivity contribution in [1.82, 2.24) is 19.6 Å². The maximum Gasteiger partial charge on any atom is 0.173 e.